The molecular formula is C18H19ClF3NO2S. The van der Waals surface area contributed by atoms with E-state index in [1.165, 1.54) is 24.3 Å². The van der Waals surface area contributed by atoms with Crippen molar-refractivity contribution in [2.45, 2.75) is 44.3 Å². The van der Waals surface area contributed by atoms with Crippen LogP contribution >= 0.6 is 23.4 Å². The summed E-state index contributed by atoms with van der Waals surface area (Å²) in [6.45, 7) is 0. The maximum absolute atomic E-state index is 13.1. The first-order valence-electron chi connectivity index (χ1n) is 8.17. The van der Waals surface area contributed by atoms with Crippen LogP contribution in [0.4, 0.5) is 13.2 Å². The van der Waals surface area contributed by atoms with Crippen molar-refractivity contribution in [3.63, 3.8) is 0 Å². The van der Waals surface area contributed by atoms with Crippen molar-refractivity contribution in [3.8, 4) is 0 Å². The average molecular weight is 406 g/mol. The summed E-state index contributed by atoms with van der Waals surface area (Å²) in [5.74, 6) is -2.85. The molecule has 0 atom stereocenters. The summed E-state index contributed by atoms with van der Waals surface area (Å²) in [6, 6.07) is 5.44. The fraction of sp³-hybridized carbons (Fsp3) is 0.444. The second-order valence-corrected chi connectivity index (χ2v) is 7.22. The zero-order chi connectivity index (χ0) is 19.3. The van der Waals surface area contributed by atoms with Gasteiger partial charge in [-0.15, -0.1) is 11.8 Å². The number of hydrogen-bond acceptors (Lipinski definition) is 4. The minimum Gasteiger partial charge on any atom is -0.506 e. The monoisotopic (exact) mass is 405 g/mol. The van der Waals surface area contributed by atoms with Crippen molar-refractivity contribution in [3.05, 3.63) is 40.4 Å². The molecule has 0 unspecified atom stereocenters. The molecule has 0 saturated heterocycles. The van der Waals surface area contributed by atoms with Crippen LogP contribution in [0.1, 0.15) is 37.7 Å². The zero-order valence-electron chi connectivity index (χ0n) is 14.1. The Labute approximate surface area is 159 Å². The van der Waals surface area contributed by atoms with E-state index < -0.39 is 23.3 Å². The molecule has 1 N–H and O–H groups in total. The number of aliphatic hydroxyl groups is 1. The normalized spacial score (nSPS) is 17.8. The van der Waals surface area contributed by atoms with E-state index in [0.717, 1.165) is 43.9 Å². The molecular weight excluding hydrogens is 387 g/mol. The van der Waals surface area contributed by atoms with Crippen LogP contribution in [0.15, 0.2) is 34.8 Å². The number of aliphatic hydroxyl groups excluding tert-OH is 1. The van der Waals surface area contributed by atoms with Crippen LogP contribution in [0.2, 0.25) is 5.02 Å². The van der Waals surface area contributed by atoms with Gasteiger partial charge in [0.05, 0.1) is 6.04 Å². The van der Waals surface area contributed by atoms with E-state index in [-0.39, 0.29) is 16.6 Å². The number of alkyl halides is 3. The highest BCUT2D eigenvalue weighted by molar-refractivity contribution is 8.14. The van der Waals surface area contributed by atoms with Crippen LogP contribution in [0.5, 0.6) is 0 Å². The largest absolute Gasteiger partial charge is 0.506 e. The summed E-state index contributed by atoms with van der Waals surface area (Å²) in [4.78, 5) is 16.4. The number of rotatable bonds is 4. The van der Waals surface area contributed by atoms with E-state index in [0.29, 0.717) is 5.02 Å². The summed E-state index contributed by atoms with van der Waals surface area (Å²) in [7, 11) is 0. The predicted octanol–water partition coefficient (Wildman–Crippen LogP) is 5.83. The molecule has 2 rings (SSSR count). The first-order chi connectivity index (χ1) is 12.2. The molecule has 0 radical (unpaired) electrons. The number of nitrogens with zero attached hydrogens (tertiary/aromatic N) is 1. The Hall–Kier alpha value is -1.47. The summed E-state index contributed by atoms with van der Waals surface area (Å²) in [5, 5.41) is 10.7. The summed E-state index contributed by atoms with van der Waals surface area (Å²) < 4.78 is 39.4. The Bertz CT molecular complexity index is 708. The maximum Gasteiger partial charge on any atom is 0.455 e. The molecule has 1 aromatic rings. The van der Waals surface area contributed by atoms with Gasteiger partial charge in [0.2, 0.25) is 0 Å². The third-order valence-corrected chi connectivity index (χ3v) is 5.07. The van der Waals surface area contributed by atoms with Crippen LogP contribution in [0, 0.1) is 0 Å². The fourth-order valence-electron chi connectivity index (χ4n) is 2.80. The van der Waals surface area contributed by atoms with E-state index >= 15 is 0 Å². The molecule has 0 bridgehead atoms. The van der Waals surface area contributed by atoms with Crippen molar-refractivity contribution in [2.24, 2.45) is 4.99 Å². The number of benzene rings is 1. The highest BCUT2D eigenvalue weighted by Crippen LogP contribution is 2.31. The molecule has 8 heteroatoms. The molecule has 1 fully saturated rings. The molecule has 3 nitrogen and oxygen atoms in total. The van der Waals surface area contributed by atoms with E-state index in [1.807, 2.05) is 0 Å². The zero-order valence-corrected chi connectivity index (χ0v) is 15.7. The van der Waals surface area contributed by atoms with Gasteiger partial charge in [-0.2, -0.15) is 13.2 Å². The number of ketones is 1. The number of halogens is 4. The predicted molar refractivity (Wildman–Crippen MR) is 99.9 cm³/mol. The Balaban J connectivity index is 2.55. The molecule has 1 aliphatic rings. The second kappa shape index (κ2) is 8.95. The summed E-state index contributed by atoms with van der Waals surface area (Å²) in [6.07, 6.45) is 0.926. The first-order valence-corrected chi connectivity index (χ1v) is 9.77. The molecule has 0 aromatic heterocycles. The standard InChI is InChI=1S/C18H19ClF3NO2S/c1-26-17(23-13-5-3-2-4-6-13)14(16(25)18(20,21)22)15(24)11-7-9-12(19)10-8-11/h7-10,13,24H,2-6H2,1H3/b15-14-,23-17?. The Morgan fingerprint density at radius 2 is 1.77 bits per heavy atom. The number of Topliss-reactive ketones (excluding diaryl/α,β-unsaturated/α-hetero) is 1. The van der Waals surface area contributed by atoms with Gasteiger partial charge in [-0.25, -0.2) is 0 Å². The lowest BCUT2D eigenvalue weighted by Crippen LogP contribution is -2.29. The molecule has 26 heavy (non-hydrogen) atoms. The molecule has 1 saturated carbocycles. The van der Waals surface area contributed by atoms with Crippen LogP contribution in [0.25, 0.3) is 5.76 Å². The maximum atomic E-state index is 13.1. The molecule has 0 aliphatic heterocycles. The average Bonchev–Trinajstić information content (AvgIpc) is 2.61. The van der Waals surface area contributed by atoms with Crippen molar-refractivity contribution >= 4 is 39.9 Å². The molecule has 0 amide bonds. The highest BCUT2D eigenvalue weighted by atomic mass is 35.5. The van der Waals surface area contributed by atoms with Gasteiger partial charge >= 0.3 is 6.18 Å². The van der Waals surface area contributed by atoms with Gasteiger partial charge in [0.1, 0.15) is 16.4 Å². The van der Waals surface area contributed by atoms with Crippen molar-refractivity contribution in [1.82, 2.24) is 0 Å². The third kappa shape index (κ3) is 5.27. The van der Waals surface area contributed by atoms with Crippen molar-refractivity contribution in [2.75, 3.05) is 6.26 Å². The van der Waals surface area contributed by atoms with Crippen LogP contribution < -0.4 is 0 Å². The Morgan fingerprint density at radius 3 is 2.27 bits per heavy atom. The van der Waals surface area contributed by atoms with Gasteiger partial charge in [0.15, 0.2) is 0 Å². The number of thioether (sulfide) groups is 1. The summed E-state index contributed by atoms with van der Waals surface area (Å²) >= 11 is 6.70. The Morgan fingerprint density at radius 1 is 1.19 bits per heavy atom. The first kappa shape index (κ1) is 20.8. The van der Waals surface area contributed by atoms with Crippen LogP contribution in [0.3, 0.4) is 0 Å². The van der Waals surface area contributed by atoms with Gasteiger partial charge in [0, 0.05) is 10.6 Å². The van der Waals surface area contributed by atoms with Gasteiger partial charge < -0.3 is 5.11 Å². The summed E-state index contributed by atoms with van der Waals surface area (Å²) in [5.41, 5.74) is -0.731. The molecule has 1 aliphatic carbocycles. The lowest BCUT2D eigenvalue weighted by atomic mass is 9.96. The van der Waals surface area contributed by atoms with Gasteiger partial charge in [-0.1, -0.05) is 30.9 Å². The Kier molecular flexibility index (Phi) is 7.17. The smallest absolute Gasteiger partial charge is 0.455 e. The molecule has 0 spiro atoms. The molecule has 1 aromatic carbocycles. The lowest BCUT2D eigenvalue weighted by molar-refractivity contribution is -0.165. The second-order valence-electron chi connectivity index (χ2n) is 5.99. The molecule has 142 valence electrons. The van der Waals surface area contributed by atoms with Gasteiger partial charge in [-0.3, -0.25) is 9.79 Å². The fourth-order valence-corrected chi connectivity index (χ4v) is 3.57. The third-order valence-electron chi connectivity index (χ3n) is 4.12. The van der Waals surface area contributed by atoms with Crippen LogP contribution in [-0.4, -0.2) is 34.4 Å². The minimum atomic E-state index is -5.11. The van der Waals surface area contributed by atoms with E-state index in [4.69, 9.17) is 11.6 Å². The molecule has 0 heterocycles. The number of carbonyl (C=O) groups is 1. The topological polar surface area (TPSA) is 49.7 Å². The van der Waals surface area contributed by atoms with Crippen molar-refractivity contribution in [1.29, 1.82) is 0 Å². The van der Waals surface area contributed by atoms with Crippen molar-refractivity contribution < 1.29 is 23.1 Å². The van der Waals surface area contributed by atoms with Gasteiger partial charge in [-0.05, 0) is 43.4 Å². The van der Waals surface area contributed by atoms with E-state index in [1.54, 1.807) is 6.26 Å². The number of hydrogen-bond donors (Lipinski definition) is 1. The number of carbonyl (C=O) groups excluding carboxylic acids is 1. The van der Waals surface area contributed by atoms with Crippen LogP contribution in [-0.2, 0) is 4.79 Å². The van der Waals surface area contributed by atoms with Gasteiger partial charge in [0.25, 0.3) is 5.78 Å². The minimum absolute atomic E-state index is 0.0763. The highest BCUT2D eigenvalue weighted by Gasteiger charge is 2.44. The van der Waals surface area contributed by atoms with E-state index in [2.05, 4.69) is 4.99 Å². The quantitative estimate of drug-likeness (QED) is 0.296. The SMILES string of the molecule is CSC(=NC1CCCCC1)/C(C(=O)C(F)(F)F)=C(\O)c1ccc(Cl)cc1. The van der Waals surface area contributed by atoms with E-state index in [9.17, 15) is 23.1 Å². The number of aliphatic imine (C=N–C) groups is 1. The lowest BCUT2D eigenvalue weighted by Gasteiger charge is -2.20.